The molecule has 0 aromatic heterocycles. The molecule has 0 N–H and O–H groups in total. The third-order valence-electron chi connectivity index (χ3n) is 3.33. The van der Waals surface area contributed by atoms with Crippen LogP contribution in [0.5, 0.6) is 0 Å². The molecule has 1 aromatic carbocycles. The molecule has 0 aliphatic carbocycles. The van der Waals surface area contributed by atoms with Gasteiger partial charge in [0.2, 0.25) is 5.91 Å². The topological polar surface area (TPSA) is 20.3 Å². The lowest BCUT2D eigenvalue weighted by atomic mass is 10.1. The lowest BCUT2D eigenvalue weighted by molar-refractivity contribution is -0.116. The van der Waals surface area contributed by atoms with Gasteiger partial charge >= 0.3 is 0 Å². The summed E-state index contributed by atoms with van der Waals surface area (Å²) >= 11 is 3.49. The molecule has 0 radical (unpaired) electrons. The summed E-state index contributed by atoms with van der Waals surface area (Å²) in [5.74, 6) is 0.133. The van der Waals surface area contributed by atoms with Gasteiger partial charge in [0.05, 0.1) is 0 Å². The zero-order chi connectivity index (χ0) is 14.3. The minimum absolute atomic E-state index is 0.133. The summed E-state index contributed by atoms with van der Waals surface area (Å²) in [5.41, 5.74) is 2.29. The van der Waals surface area contributed by atoms with Gasteiger partial charge in [0.1, 0.15) is 0 Å². The molecule has 1 rings (SSSR count). The summed E-state index contributed by atoms with van der Waals surface area (Å²) in [6, 6.07) is 6.16. The summed E-state index contributed by atoms with van der Waals surface area (Å²) in [5, 5.41) is 0. The maximum absolute atomic E-state index is 11.9. The van der Waals surface area contributed by atoms with E-state index in [0.717, 1.165) is 29.5 Å². The highest BCUT2D eigenvalue weighted by Crippen LogP contribution is 2.26. The largest absolute Gasteiger partial charge is 0.312 e. The second-order valence-electron chi connectivity index (χ2n) is 4.86. The molecule has 0 aliphatic heterocycles. The molecule has 0 spiro atoms. The second kappa shape index (κ2) is 8.36. The van der Waals surface area contributed by atoms with Crippen molar-refractivity contribution in [2.75, 3.05) is 11.4 Å². The minimum atomic E-state index is 0.133. The van der Waals surface area contributed by atoms with Gasteiger partial charge in [0.25, 0.3) is 0 Å². The first-order valence-corrected chi connectivity index (χ1v) is 7.96. The van der Waals surface area contributed by atoms with Crippen LogP contribution in [0, 0.1) is 0 Å². The van der Waals surface area contributed by atoms with E-state index >= 15 is 0 Å². The smallest absolute Gasteiger partial charge is 0.223 e. The quantitative estimate of drug-likeness (QED) is 0.650. The van der Waals surface area contributed by atoms with Crippen molar-refractivity contribution in [2.45, 2.75) is 52.9 Å². The molecule has 2 nitrogen and oxygen atoms in total. The summed E-state index contributed by atoms with van der Waals surface area (Å²) in [6.45, 7) is 6.80. The van der Waals surface area contributed by atoms with Crippen molar-refractivity contribution in [3.8, 4) is 0 Å². The van der Waals surface area contributed by atoms with Crippen molar-refractivity contribution in [1.82, 2.24) is 0 Å². The summed E-state index contributed by atoms with van der Waals surface area (Å²) in [6.07, 6.45) is 5.67. The van der Waals surface area contributed by atoms with E-state index < -0.39 is 0 Å². The van der Waals surface area contributed by atoms with Crippen LogP contribution in [0.2, 0.25) is 0 Å². The SMILES string of the molecule is CCCCCCN(C(C)=O)c1ccc(Br)cc1CC. The van der Waals surface area contributed by atoms with E-state index in [-0.39, 0.29) is 5.91 Å². The highest BCUT2D eigenvalue weighted by molar-refractivity contribution is 9.10. The van der Waals surface area contributed by atoms with E-state index in [9.17, 15) is 4.79 Å². The zero-order valence-corrected chi connectivity index (χ0v) is 13.8. The standard InChI is InChI=1S/C16H24BrNO/c1-4-6-7-8-11-18(13(3)19)16-10-9-15(17)12-14(16)5-2/h9-10,12H,4-8,11H2,1-3H3. The van der Waals surface area contributed by atoms with Crippen molar-refractivity contribution >= 4 is 27.5 Å². The number of hydrogen-bond donors (Lipinski definition) is 0. The van der Waals surface area contributed by atoms with E-state index in [1.165, 1.54) is 24.8 Å². The highest BCUT2D eigenvalue weighted by Gasteiger charge is 2.14. The number of rotatable bonds is 7. The Balaban J connectivity index is 2.83. The van der Waals surface area contributed by atoms with E-state index in [0.29, 0.717) is 0 Å². The molecule has 3 heteroatoms. The van der Waals surface area contributed by atoms with Gasteiger partial charge in [-0.2, -0.15) is 0 Å². The monoisotopic (exact) mass is 325 g/mol. The van der Waals surface area contributed by atoms with Gasteiger partial charge in [-0.05, 0) is 36.6 Å². The molecular formula is C16H24BrNO. The number of benzene rings is 1. The van der Waals surface area contributed by atoms with Gasteiger partial charge in [-0.1, -0.05) is 49.0 Å². The molecule has 0 saturated heterocycles. The number of unbranched alkanes of at least 4 members (excludes halogenated alkanes) is 3. The fraction of sp³-hybridized carbons (Fsp3) is 0.562. The third kappa shape index (κ3) is 4.98. The maximum atomic E-state index is 11.9. The van der Waals surface area contributed by atoms with Crippen LogP contribution in [0.15, 0.2) is 22.7 Å². The summed E-state index contributed by atoms with van der Waals surface area (Å²) in [4.78, 5) is 13.8. The molecule has 19 heavy (non-hydrogen) atoms. The van der Waals surface area contributed by atoms with Gasteiger partial charge < -0.3 is 4.90 Å². The molecule has 0 fully saturated rings. The van der Waals surface area contributed by atoms with Crippen molar-refractivity contribution in [2.24, 2.45) is 0 Å². The lowest BCUT2D eigenvalue weighted by Gasteiger charge is -2.24. The lowest BCUT2D eigenvalue weighted by Crippen LogP contribution is -2.30. The van der Waals surface area contributed by atoms with Crippen LogP contribution < -0.4 is 4.90 Å². The molecule has 0 bridgehead atoms. The number of aryl methyl sites for hydroxylation is 1. The first-order valence-electron chi connectivity index (χ1n) is 7.16. The number of amides is 1. The van der Waals surface area contributed by atoms with Crippen LogP contribution in [0.3, 0.4) is 0 Å². The maximum Gasteiger partial charge on any atom is 0.223 e. The van der Waals surface area contributed by atoms with Crippen LogP contribution in [-0.2, 0) is 11.2 Å². The van der Waals surface area contributed by atoms with Crippen LogP contribution in [-0.4, -0.2) is 12.5 Å². The molecule has 0 heterocycles. The fourth-order valence-electron chi connectivity index (χ4n) is 2.24. The third-order valence-corrected chi connectivity index (χ3v) is 3.82. The fourth-order valence-corrected chi connectivity index (χ4v) is 2.65. The van der Waals surface area contributed by atoms with Crippen molar-refractivity contribution in [3.63, 3.8) is 0 Å². The Bertz CT molecular complexity index is 417. The average molecular weight is 326 g/mol. The number of carbonyl (C=O) groups is 1. The van der Waals surface area contributed by atoms with E-state index in [1.807, 2.05) is 17.0 Å². The first-order chi connectivity index (χ1) is 9.10. The van der Waals surface area contributed by atoms with Crippen molar-refractivity contribution < 1.29 is 4.79 Å². The normalized spacial score (nSPS) is 10.5. The van der Waals surface area contributed by atoms with Gasteiger partial charge in [0, 0.05) is 23.6 Å². The van der Waals surface area contributed by atoms with E-state index in [1.54, 1.807) is 6.92 Å². The van der Waals surface area contributed by atoms with Crippen molar-refractivity contribution in [1.29, 1.82) is 0 Å². The molecule has 0 unspecified atom stereocenters. The van der Waals surface area contributed by atoms with E-state index in [2.05, 4.69) is 35.8 Å². The van der Waals surface area contributed by atoms with Crippen molar-refractivity contribution in [3.05, 3.63) is 28.2 Å². The molecule has 1 aromatic rings. The van der Waals surface area contributed by atoms with Crippen LogP contribution in [0.4, 0.5) is 5.69 Å². The number of anilines is 1. The summed E-state index contributed by atoms with van der Waals surface area (Å²) < 4.78 is 1.07. The van der Waals surface area contributed by atoms with Gasteiger partial charge in [-0.3, -0.25) is 4.79 Å². The zero-order valence-electron chi connectivity index (χ0n) is 12.2. The van der Waals surface area contributed by atoms with Crippen LogP contribution in [0.1, 0.15) is 52.0 Å². The van der Waals surface area contributed by atoms with Crippen LogP contribution in [0.25, 0.3) is 0 Å². The number of halogens is 1. The number of carbonyl (C=O) groups excluding carboxylic acids is 1. The molecule has 1 amide bonds. The van der Waals surface area contributed by atoms with Gasteiger partial charge in [-0.15, -0.1) is 0 Å². The highest BCUT2D eigenvalue weighted by atomic mass is 79.9. The predicted octanol–water partition coefficient (Wildman–Crippen LogP) is 4.94. The Morgan fingerprint density at radius 1 is 1.21 bits per heavy atom. The average Bonchev–Trinajstić information content (AvgIpc) is 2.39. The van der Waals surface area contributed by atoms with E-state index in [4.69, 9.17) is 0 Å². The Morgan fingerprint density at radius 2 is 1.95 bits per heavy atom. The molecule has 0 aliphatic rings. The molecule has 0 saturated carbocycles. The second-order valence-corrected chi connectivity index (χ2v) is 5.77. The van der Waals surface area contributed by atoms with Gasteiger partial charge in [-0.25, -0.2) is 0 Å². The minimum Gasteiger partial charge on any atom is -0.312 e. The number of nitrogens with zero attached hydrogens (tertiary/aromatic N) is 1. The Labute approximate surface area is 125 Å². The van der Waals surface area contributed by atoms with Gasteiger partial charge in [0.15, 0.2) is 0 Å². The molecular weight excluding hydrogens is 302 g/mol. The molecule has 0 atom stereocenters. The van der Waals surface area contributed by atoms with Crippen LogP contribution >= 0.6 is 15.9 Å². The Kier molecular flexibility index (Phi) is 7.14. The summed E-state index contributed by atoms with van der Waals surface area (Å²) in [7, 11) is 0. The number of hydrogen-bond acceptors (Lipinski definition) is 1. The Hall–Kier alpha value is -0.830. The molecule has 106 valence electrons. The predicted molar refractivity (Wildman–Crippen MR) is 85.7 cm³/mol. The first kappa shape index (κ1) is 16.2. The Morgan fingerprint density at radius 3 is 2.53 bits per heavy atom.